The van der Waals surface area contributed by atoms with Crippen LogP contribution in [0.3, 0.4) is 0 Å². The molecule has 1 aliphatic heterocycles. The highest BCUT2D eigenvalue weighted by Gasteiger charge is 2.14. The lowest BCUT2D eigenvalue weighted by molar-refractivity contribution is 0.228. The van der Waals surface area contributed by atoms with Gasteiger partial charge in [-0.1, -0.05) is 19.9 Å². The first kappa shape index (κ1) is 15.2. The van der Waals surface area contributed by atoms with Crippen LogP contribution in [0.15, 0.2) is 18.2 Å². The lowest BCUT2D eigenvalue weighted by atomic mass is 10.1. The van der Waals surface area contributed by atoms with Gasteiger partial charge >= 0.3 is 0 Å². The molecule has 0 aliphatic carbocycles. The molecule has 1 heterocycles. The zero-order valence-electron chi connectivity index (χ0n) is 12.8. The number of ether oxygens (including phenoxy) is 2. The van der Waals surface area contributed by atoms with E-state index >= 15 is 0 Å². The van der Waals surface area contributed by atoms with Crippen molar-refractivity contribution in [3.63, 3.8) is 0 Å². The predicted molar refractivity (Wildman–Crippen MR) is 82.7 cm³/mol. The van der Waals surface area contributed by atoms with Gasteiger partial charge in [-0.25, -0.2) is 0 Å². The molecule has 0 fully saturated rings. The Morgan fingerprint density at radius 3 is 2.70 bits per heavy atom. The van der Waals surface area contributed by atoms with E-state index in [1.807, 2.05) is 0 Å². The first-order chi connectivity index (χ1) is 9.79. The Hall–Kier alpha value is -1.22. The topological polar surface area (TPSA) is 30.5 Å². The summed E-state index contributed by atoms with van der Waals surface area (Å²) in [6.45, 7) is 8.09. The summed E-state index contributed by atoms with van der Waals surface area (Å²) in [5.74, 6) is 2.26. The summed E-state index contributed by atoms with van der Waals surface area (Å²) in [6, 6.07) is 6.36. The van der Waals surface area contributed by atoms with Crippen molar-refractivity contribution in [3.8, 4) is 11.5 Å². The van der Waals surface area contributed by atoms with Gasteiger partial charge in [0.1, 0.15) is 0 Å². The van der Waals surface area contributed by atoms with Gasteiger partial charge in [-0.2, -0.15) is 0 Å². The number of hydrogen-bond acceptors (Lipinski definition) is 3. The van der Waals surface area contributed by atoms with E-state index < -0.39 is 0 Å². The fraction of sp³-hybridized carbons (Fsp3) is 0.647. The Morgan fingerprint density at radius 1 is 1.10 bits per heavy atom. The van der Waals surface area contributed by atoms with Gasteiger partial charge in [0.2, 0.25) is 0 Å². The second-order valence-corrected chi connectivity index (χ2v) is 5.72. The van der Waals surface area contributed by atoms with Crippen LogP contribution in [0.5, 0.6) is 11.5 Å². The quantitative estimate of drug-likeness (QED) is 0.775. The van der Waals surface area contributed by atoms with E-state index in [-0.39, 0.29) is 0 Å². The third kappa shape index (κ3) is 4.71. The average Bonchev–Trinajstić information content (AvgIpc) is 2.65. The van der Waals surface area contributed by atoms with Crippen molar-refractivity contribution in [2.45, 2.75) is 39.5 Å². The number of nitrogens with one attached hydrogen (secondary N) is 1. The van der Waals surface area contributed by atoms with Gasteiger partial charge in [-0.15, -0.1) is 0 Å². The Kier molecular flexibility index (Phi) is 6.19. The van der Waals surface area contributed by atoms with Crippen LogP contribution < -0.4 is 14.8 Å². The molecule has 3 heteroatoms. The second-order valence-electron chi connectivity index (χ2n) is 5.72. The van der Waals surface area contributed by atoms with Crippen LogP contribution in [0.2, 0.25) is 0 Å². The van der Waals surface area contributed by atoms with Gasteiger partial charge in [-0.3, -0.25) is 0 Å². The number of hydrogen-bond donors (Lipinski definition) is 1. The van der Waals surface area contributed by atoms with Gasteiger partial charge < -0.3 is 14.8 Å². The second kappa shape index (κ2) is 8.15. The van der Waals surface area contributed by atoms with Crippen molar-refractivity contribution in [2.75, 3.05) is 26.3 Å². The lowest BCUT2D eigenvalue weighted by Crippen LogP contribution is -2.15. The van der Waals surface area contributed by atoms with Crippen LogP contribution in [-0.2, 0) is 6.42 Å². The summed E-state index contributed by atoms with van der Waals surface area (Å²) < 4.78 is 11.6. The van der Waals surface area contributed by atoms with Crippen molar-refractivity contribution in [1.82, 2.24) is 5.32 Å². The Bertz CT molecular complexity index is 406. The molecule has 0 spiro atoms. The molecule has 0 saturated heterocycles. The molecule has 0 amide bonds. The number of rotatable bonds is 7. The minimum absolute atomic E-state index is 0.454. The van der Waals surface area contributed by atoms with Gasteiger partial charge in [0.25, 0.3) is 0 Å². The fourth-order valence-corrected chi connectivity index (χ4v) is 2.33. The summed E-state index contributed by atoms with van der Waals surface area (Å²) in [4.78, 5) is 0. The highest BCUT2D eigenvalue weighted by Crippen LogP contribution is 2.31. The standard InChI is InChI=1S/C17H27NO2/c1-3-9-18-10-5-4-6-15-7-8-16-17(11-15)20-13-14(2)12-19-16/h7-8,11,14,18H,3-6,9-10,12-13H2,1-2H3. The highest BCUT2D eigenvalue weighted by atomic mass is 16.5. The smallest absolute Gasteiger partial charge is 0.161 e. The summed E-state index contributed by atoms with van der Waals surface area (Å²) in [7, 11) is 0. The van der Waals surface area contributed by atoms with Crippen LogP contribution in [0, 0.1) is 5.92 Å². The first-order valence-electron chi connectivity index (χ1n) is 7.89. The summed E-state index contributed by atoms with van der Waals surface area (Å²) >= 11 is 0. The summed E-state index contributed by atoms with van der Waals surface area (Å²) in [5, 5.41) is 3.44. The Balaban J connectivity index is 1.79. The molecule has 1 aromatic carbocycles. The highest BCUT2D eigenvalue weighted by molar-refractivity contribution is 5.43. The van der Waals surface area contributed by atoms with Gasteiger partial charge in [0, 0.05) is 5.92 Å². The molecule has 2 rings (SSSR count). The first-order valence-corrected chi connectivity index (χ1v) is 7.89. The molecule has 1 atom stereocenters. The molecule has 0 saturated carbocycles. The fourth-order valence-electron chi connectivity index (χ4n) is 2.33. The van der Waals surface area contributed by atoms with Crippen molar-refractivity contribution >= 4 is 0 Å². The van der Waals surface area contributed by atoms with E-state index in [9.17, 15) is 0 Å². The van der Waals surface area contributed by atoms with Crippen LogP contribution in [-0.4, -0.2) is 26.3 Å². The van der Waals surface area contributed by atoms with E-state index in [1.54, 1.807) is 0 Å². The van der Waals surface area contributed by atoms with Gasteiger partial charge in [-0.05, 0) is 56.5 Å². The van der Waals surface area contributed by atoms with E-state index in [1.165, 1.54) is 24.8 Å². The third-order valence-corrected chi connectivity index (χ3v) is 3.55. The molecule has 3 nitrogen and oxygen atoms in total. The monoisotopic (exact) mass is 277 g/mol. The van der Waals surface area contributed by atoms with Crippen LogP contribution in [0.4, 0.5) is 0 Å². The average molecular weight is 277 g/mol. The van der Waals surface area contributed by atoms with Gasteiger partial charge in [0.05, 0.1) is 13.2 Å². The van der Waals surface area contributed by atoms with Gasteiger partial charge in [0.15, 0.2) is 11.5 Å². The molecule has 1 aliphatic rings. The number of aryl methyl sites for hydroxylation is 1. The van der Waals surface area contributed by atoms with Crippen molar-refractivity contribution in [2.24, 2.45) is 5.92 Å². The molecule has 0 bridgehead atoms. The molecule has 0 aromatic heterocycles. The Morgan fingerprint density at radius 2 is 1.90 bits per heavy atom. The van der Waals surface area contributed by atoms with Crippen molar-refractivity contribution in [3.05, 3.63) is 23.8 Å². The number of benzene rings is 1. The minimum atomic E-state index is 0.454. The van der Waals surface area contributed by atoms with E-state index in [0.29, 0.717) is 5.92 Å². The summed E-state index contributed by atoms with van der Waals surface area (Å²) in [5.41, 5.74) is 1.34. The normalized spacial score (nSPS) is 17.8. The molecular formula is C17H27NO2. The van der Waals surface area contributed by atoms with E-state index in [0.717, 1.165) is 44.2 Å². The molecule has 0 radical (unpaired) electrons. The van der Waals surface area contributed by atoms with Crippen molar-refractivity contribution < 1.29 is 9.47 Å². The molecular weight excluding hydrogens is 250 g/mol. The molecule has 1 aromatic rings. The predicted octanol–water partition coefficient (Wildman–Crippen LogP) is 3.42. The third-order valence-electron chi connectivity index (χ3n) is 3.55. The number of fused-ring (bicyclic) bond motifs is 1. The molecule has 1 unspecified atom stereocenters. The van der Waals surface area contributed by atoms with Crippen LogP contribution in [0.1, 0.15) is 38.7 Å². The zero-order chi connectivity index (χ0) is 14.2. The summed E-state index contributed by atoms with van der Waals surface area (Å²) in [6.07, 6.45) is 4.76. The minimum Gasteiger partial charge on any atom is -0.489 e. The molecule has 112 valence electrons. The van der Waals surface area contributed by atoms with Crippen LogP contribution >= 0.6 is 0 Å². The number of unbranched alkanes of at least 4 members (excludes halogenated alkanes) is 1. The maximum atomic E-state index is 5.82. The zero-order valence-corrected chi connectivity index (χ0v) is 12.8. The maximum Gasteiger partial charge on any atom is 0.161 e. The Labute approximate surface area is 122 Å². The molecule has 20 heavy (non-hydrogen) atoms. The van der Waals surface area contributed by atoms with Crippen LogP contribution in [0.25, 0.3) is 0 Å². The lowest BCUT2D eigenvalue weighted by Gasteiger charge is -2.09. The molecule has 1 N–H and O–H groups in total. The largest absolute Gasteiger partial charge is 0.489 e. The van der Waals surface area contributed by atoms with Crippen molar-refractivity contribution in [1.29, 1.82) is 0 Å². The van der Waals surface area contributed by atoms with E-state index in [2.05, 4.69) is 37.4 Å². The van der Waals surface area contributed by atoms with E-state index in [4.69, 9.17) is 9.47 Å². The SMILES string of the molecule is CCCNCCCCc1ccc2c(c1)OCC(C)CO2. The maximum absolute atomic E-state index is 5.82.